The van der Waals surface area contributed by atoms with Crippen LogP contribution in [-0.4, -0.2) is 0 Å². The minimum absolute atomic E-state index is 1.02. The first-order valence-corrected chi connectivity index (χ1v) is 5.24. The molecule has 0 saturated heterocycles. The first-order valence-electron chi connectivity index (χ1n) is 5.24. The van der Waals surface area contributed by atoms with Crippen LogP contribution in [0.1, 0.15) is 12.0 Å². The molecule has 0 spiro atoms. The monoisotopic (exact) mass is 192 g/mol. The van der Waals surface area contributed by atoms with E-state index >= 15 is 0 Å². The van der Waals surface area contributed by atoms with E-state index in [0.717, 1.165) is 11.6 Å². The molecule has 0 fully saturated rings. The lowest BCUT2D eigenvalue weighted by Crippen LogP contribution is -2.27. The largest absolute Gasteiger partial charge is 0.0905 e. The van der Waals surface area contributed by atoms with E-state index in [4.69, 9.17) is 0 Å². The lowest BCUT2D eigenvalue weighted by Gasteiger charge is -2.06. The highest BCUT2D eigenvalue weighted by atomic mass is 14.0. The SMILES string of the molecule is C=c1c2c(cc3ccccc13)C=CCC=2. The molecule has 0 radical (unpaired) electrons. The fraction of sp³-hybridized carbons (Fsp3) is 0.0667. The van der Waals surface area contributed by atoms with Crippen LogP contribution in [0.4, 0.5) is 0 Å². The molecule has 1 aliphatic rings. The van der Waals surface area contributed by atoms with Crippen molar-refractivity contribution >= 4 is 29.5 Å². The zero-order valence-corrected chi connectivity index (χ0v) is 8.53. The van der Waals surface area contributed by atoms with Crippen molar-refractivity contribution in [1.29, 1.82) is 0 Å². The number of hydrogen-bond donors (Lipinski definition) is 0. The number of benzene rings is 2. The van der Waals surface area contributed by atoms with Gasteiger partial charge in [-0.1, -0.05) is 49.1 Å². The predicted octanol–water partition coefficient (Wildman–Crippen LogP) is 2.45. The first-order chi connectivity index (χ1) is 7.36. The third-order valence-corrected chi connectivity index (χ3v) is 2.99. The summed E-state index contributed by atoms with van der Waals surface area (Å²) in [5.74, 6) is 0. The van der Waals surface area contributed by atoms with Crippen LogP contribution < -0.4 is 10.4 Å². The Kier molecular flexibility index (Phi) is 1.75. The quantitative estimate of drug-likeness (QED) is 0.601. The standard InChI is InChI=1S/C15H12/c1-11-14-8-4-2-6-12(14)10-13-7-3-5-9-15(11)13/h2-4,6-10H,1,5H2. The van der Waals surface area contributed by atoms with E-state index < -0.39 is 0 Å². The topological polar surface area (TPSA) is 0 Å². The molecule has 72 valence electrons. The summed E-state index contributed by atoms with van der Waals surface area (Å²) in [5, 5.41) is 5.01. The Balaban J connectivity index is 2.59. The fourth-order valence-corrected chi connectivity index (χ4v) is 2.22. The molecule has 2 aromatic rings. The number of hydrogen-bond acceptors (Lipinski definition) is 0. The molecule has 0 unspecified atom stereocenters. The van der Waals surface area contributed by atoms with Gasteiger partial charge in [0.2, 0.25) is 0 Å². The Bertz CT molecular complexity index is 660. The van der Waals surface area contributed by atoms with Crippen molar-refractivity contribution < 1.29 is 0 Å². The van der Waals surface area contributed by atoms with Gasteiger partial charge in [-0.25, -0.2) is 0 Å². The summed E-state index contributed by atoms with van der Waals surface area (Å²) in [6.45, 7) is 4.20. The van der Waals surface area contributed by atoms with Gasteiger partial charge in [-0.2, -0.15) is 0 Å². The summed E-state index contributed by atoms with van der Waals surface area (Å²) in [6, 6.07) is 10.7. The van der Waals surface area contributed by atoms with Crippen LogP contribution in [0, 0.1) is 0 Å². The van der Waals surface area contributed by atoms with E-state index in [0.29, 0.717) is 0 Å². The average molecular weight is 192 g/mol. The van der Waals surface area contributed by atoms with Crippen LogP contribution in [0.5, 0.6) is 0 Å². The number of fused-ring (bicyclic) bond motifs is 2. The van der Waals surface area contributed by atoms with Crippen molar-refractivity contribution in [2.45, 2.75) is 6.42 Å². The molecule has 0 aromatic heterocycles. The zero-order chi connectivity index (χ0) is 10.3. The van der Waals surface area contributed by atoms with Crippen LogP contribution in [0.15, 0.2) is 36.4 Å². The van der Waals surface area contributed by atoms with Gasteiger partial charge in [0.1, 0.15) is 0 Å². The van der Waals surface area contributed by atoms with Crippen molar-refractivity contribution in [2.75, 3.05) is 0 Å². The summed E-state index contributed by atoms with van der Waals surface area (Å²) in [7, 11) is 0. The molecule has 0 bridgehead atoms. The van der Waals surface area contributed by atoms with Crippen molar-refractivity contribution in [3.63, 3.8) is 0 Å². The number of allylic oxidation sites excluding steroid dienone is 1. The maximum absolute atomic E-state index is 4.20. The van der Waals surface area contributed by atoms with Crippen molar-refractivity contribution in [3.8, 4) is 0 Å². The molecule has 0 heterocycles. The van der Waals surface area contributed by atoms with Gasteiger partial charge in [-0.05, 0) is 39.3 Å². The van der Waals surface area contributed by atoms with Crippen molar-refractivity contribution in [2.24, 2.45) is 0 Å². The first kappa shape index (κ1) is 8.49. The van der Waals surface area contributed by atoms with Crippen molar-refractivity contribution in [3.05, 3.63) is 52.4 Å². The Morgan fingerprint density at radius 2 is 2.00 bits per heavy atom. The average Bonchev–Trinajstić information content (AvgIpc) is 2.30. The molecule has 15 heavy (non-hydrogen) atoms. The molecule has 2 aromatic carbocycles. The molecule has 0 N–H and O–H groups in total. The fourth-order valence-electron chi connectivity index (χ4n) is 2.22. The molecule has 0 heteroatoms. The molecule has 3 rings (SSSR count). The van der Waals surface area contributed by atoms with Gasteiger partial charge in [-0.3, -0.25) is 0 Å². The van der Waals surface area contributed by atoms with E-state index in [1.807, 2.05) is 0 Å². The summed E-state index contributed by atoms with van der Waals surface area (Å²) in [6.07, 6.45) is 7.66. The van der Waals surface area contributed by atoms with Gasteiger partial charge in [0.15, 0.2) is 0 Å². The Hall–Kier alpha value is -1.82. The van der Waals surface area contributed by atoms with Gasteiger partial charge >= 0.3 is 0 Å². The second kappa shape index (κ2) is 3.09. The van der Waals surface area contributed by atoms with E-state index in [1.54, 1.807) is 0 Å². The lowest BCUT2D eigenvalue weighted by molar-refractivity contribution is 1.41. The van der Waals surface area contributed by atoms with Gasteiger partial charge in [0, 0.05) is 0 Å². The smallest absolute Gasteiger partial charge is 0.0111 e. The minimum Gasteiger partial charge on any atom is -0.0905 e. The van der Waals surface area contributed by atoms with Gasteiger partial charge in [0.25, 0.3) is 0 Å². The zero-order valence-electron chi connectivity index (χ0n) is 8.53. The molecule has 0 amide bonds. The van der Waals surface area contributed by atoms with Crippen LogP contribution in [0.2, 0.25) is 0 Å². The summed E-state index contributed by atoms with van der Waals surface area (Å²) in [4.78, 5) is 0. The highest BCUT2D eigenvalue weighted by molar-refractivity contribution is 5.86. The molecular weight excluding hydrogens is 180 g/mol. The second-order valence-electron chi connectivity index (χ2n) is 3.92. The molecule has 0 saturated carbocycles. The maximum atomic E-state index is 4.20. The van der Waals surface area contributed by atoms with E-state index in [-0.39, 0.29) is 0 Å². The molecule has 0 nitrogen and oxygen atoms in total. The second-order valence-corrected chi connectivity index (χ2v) is 3.92. The van der Waals surface area contributed by atoms with Crippen LogP contribution in [0.25, 0.3) is 29.5 Å². The molecule has 0 aliphatic heterocycles. The van der Waals surface area contributed by atoms with E-state index in [9.17, 15) is 0 Å². The Morgan fingerprint density at radius 3 is 2.93 bits per heavy atom. The van der Waals surface area contributed by atoms with E-state index in [1.165, 1.54) is 21.6 Å². The highest BCUT2D eigenvalue weighted by Gasteiger charge is 2.01. The van der Waals surface area contributed by atoms with Crippen molar-refractivity contribution in [1.82, 2.24) is 0 Å². The van der Waals surface area contributed by atoms with E-state index in [2.05, 4.69) is 55.1 Å². The minimum atomic E-state index is 1.02. The summed E-state index contributed by atoms with van der Waals surface area (Å²) >= 11 is 0. The van der Waals surface area contributed by atoms with Crippen LogP contribution >= 0.6 is 0 Å². The third-order valence-electron chi connectivity index (χ3n) is 2.99. The summed E-state index contributed by atoms with van der Waals surface area (Å²) in [5.41, 5.74) is 1.30. The lowest BCUT2D eigenvalue weighted by atomic mass is 9.98. The predicted molar refractivity (Wildman–Crippen MR) is 66.8 cm³/mol. The Labute approximate surface area is 88.9 Å². The Morgan fingerprint density at radius 1 is 1.13 bits per heavy atom. The maximum Gasteiger partial charge on any atom is -0.0111 e. The number of rotatable bonds is 0. The van der Waals surface area contributed by atoms with Gasteiger partial charge < -0.3 is 0 Å². The van der Waals surface area contributed by atoms with Crippen LogP contribution in [-0.2, 0) is 0 Å². The highest BCUT2D eigenvalue weighted by Crippen LogP contribution is 2.11. The summed E-state index contributed by atoms with van der Waals surface area (Å²) < 4.78 is 0. The van der Waals surface area contributed by atoms with Gasteiger partial charge in [-0.15, -0.1) is 0 Å². The molecular formula is C15H12. The third kappa shape index (κ3) is 1.22. The van der Waals surface area contributed by atoms with Gasteiger partial charge in [0.05, 0.1) is 0 Å². The molecule has 1 aliphatic carbocycles. The molecule has 0 atom stereocenters. The normalized spacial score (nSPS) is 13.6. The van der Waals surface area contributed by atoms with Crippen LogP contribution in [0.3, 0.4) is 0 Å².